The lowest BCUT2D eigenvalue weighted by molar-refractivity contribution is 0.386. The average Bonchev–Trinajstić information content (AvgIpc) is 2.59. The Labute approximate surface area is 158 Å². The summed E-state index contributed by atoms with van der Waals surface area (Å²) in [5.41, 5.74) is 2.20. The highest BCUT2D eigenvalue weighted by Gasteiger charge is 2.39. The van der Waals surface area contributed by atoms with Crippen molar-refractivity contribution in [3.8, 4) is 17.2 Å². The Bertz CT molecular complexity index is 756. The summed E-state index contributed by atoms with van der Waals surface area (Å²) in [5, 5.41) is 0.132. The normalized spacial score (nSPS) is 12.3. The van der Waals surface area contributed by atoms with Crippen molar-refractivity contribution in [1.29, 1.82) is 0 Å². The third kappa shape index (κ3) is 4.91. The highest BCUT2D eigenvalue weighted by Crippen LogP contribution is 2.40. The van der Waals surface area contributed by atoms with Crippen LogP contribution in [0, 0.1) is 0 Å². The molecule has 0 aliphatic rings. The molecule has 0 atom stereocenters. The van der Waals surface area contributed by atoms with E-state index >= 15 is 0 Å². The number of hydrogen-bond donors (Lipinski definition) is 0. The molecule has 2 rings (SSSR count). The molecule has 0 amide bonds. The van der Waals surface area contributed by atoms with E-state index in [1.165, 1.54) is 0 Å². The summed E-state index contributed by atoms with van der Waals surface area (Å²) < 4.78 is 17.2. The fourth-order valence-corrected chi connectivity index (χ4v) is 3.23. The van der Waals surface area contributed by atoms with E-state index in [0.29, 0.717) is 0 Å². The summed E-state index contributed by atoms with van der Waals surface area (Å²) in [6, 6.07) is 14.0. The first-order valence-corrected chi connectivity index (χ1v) is 11.8. The quantitative estimate of drug-likeness (QED) is 0.444. The molecule has 0 saturated heterocycles. The lowest BCUT2D eigenvalue weighted by Crippen LogP contribution is -2.43. The smallest absolute Gasteiger partial charge is 0.250 e. The van der Waals surface area contributed by atoms with E-state index in [9.17, 15) is 0 Å². The van der Waals surface area contributed by atoms with Gasteiger partial charge in [-0.05, 0) is 53.5 Å². The van der Waals surface area contributed by atoms with Gasteiger partial charge in [0.05, 0.1) is 14.2 Å². The van der Waals surface area contributed by atoms with E-state index in [-0.39, 0.29) is 5.04 Å². The van der Waals surface area contributed by atoms with Crippen LogP contribution < -0.4 is 13.9 Å². The van der Waals surface area contributed by atoms with Crippen LogP contribution in [0.25, 0.3) is 12.2 Å². The summed E-state index contributed by atoms with van der Waals surface area (Å²) in [6.07, 6.45) is 4.16. The zero-order chi connectivity index (χ0) is 19.4. The molecule has 0 fully saturated rings. The maximum absolute atomic E-state index is 6.47. The van der Waals surface area contributed by atoms with Gasteiger partial charge in [-0.3, -0.25) is 0 Å². The van der Waals surface area contributed by atoms with Crippen LogP contribution in [0.15, 0.2) is 42.5 Å². The van der Waals surface area contributed by atoms with Crippen molar-refractivity contribution < 1.29 is 13.9 Å². The van der Waals surface area contributed by atoms with Crippen molar-refractivity contribution in [1.82, 2.24) is 0 Å². The second-order valence-corrected chi connectivity index (χ2v) is 12.6. The Hall–Kier alpha value is -2.20. The maximum atomic E-state index is 6.47. The lowest BCUT2D eigenvalue weighted by atomic mass is 10.1. The Kier molecular flexibility index (Phi) is 6.19. The van der Waals surface area contributed by atoms with Crippen LogP contribution in [-0.4, -0.2) is 22.5 Å². The SMILES string of the molecule is COc1ccc(/C=C\c2ccc(OC)c(O[Si](C)(C)C(C)(C)C)c2)cc1. The summed E-state index contributed by atoms with van der Waals surface area (Å²) in [4.78, 5) is 0. The molecule has 0 saturated carbocycles. The Balaban J connectivity index is 2.26. The predicted octanol–water partition coefficient (Wildman–Crippen LogP) is 6.26. The second-order valence-electron chi connectivity index (χ2n) is 7.88. The molecule has 0 aliphatic heterocycles. The standard InChI is InChI=1S/C22H30O3Si/c1-22(2,3)26(6,7)25-21-16-18(12-15-20(21)24-5)9-8-17-10-13-19(23-4)14-11-17/h8-16H,1-7H3/b9-8-. The number of methoxy groups -OCH3 is 2. The second kappa shape index (κ2) is 8.00. The van der Waals surface area contributed by atoms with E-state index in [1.807, 2.05) is 36.4 Å². The van der Waals surface area contributed by atoms with Crippen molar-refractivity contribution in [2.24, 2.45) is 0 Å². The molecule has 0 N–H and O–H groups in total. The lowest BCUT2D eigenvalue weighted by Gasteiger charge is -2.36. The maximum Gasteiger partial charge on any atom is 0.250 e. The molecule has 26 heavy (non-hydrogen) atoms. The molecule has 0 radical (unpaired) electrons. The van der Waals surface area contributed by atoms with E-state index in [0.717, 1.165) is 28.4 Å². The molecular weight excluding hydrogens is 340 g/mol. The minimum atomic E-state index is -1.93. The van der Waals surface area contributed by atoms with Crippen molar-refractivity contribution in [3.05, 3.63) is 53.6 Å². The van der Waals surface area contributed by atoms with Crippen molar-refractivity contribution in [2.75, 3.05) is 14.2 Å². The topological polar surface area (TPSA) is 27.7 Å². The monoisotopic (exact) mass is 370 g/mol. The van der Waals surface area contributed by atoms with Crippen molar-refractivity contribution >= 4 is 20.5 Å². The summed E-state index contributed by atoms with van der Waals surface area (Å²) in [6.45, 7) is 11.2. The van der Waals surface area contributed by atoms with E-state index < -0.39 is 8.32 Å². The molecule has 0 aromatic heterocycles. The average molecular weight is 371 g/mol. The number of rotatable bonds is 6. The van der Waals surface area contributed by atoms with E-state index in [4.69, 9.17) is 13.9 Å². The van der Waals surface area contributed by atoms with Gasteiger partial charge in [0.2, 0.25) is 0 Å². The molecular formula is C22H30O3Si. The zero-order valence-electron chi connectivity index (χ0n) is 16.9. The molecule has 0 heterocycles. The molecule has 3 nitrogen and oxygen atoms in total. The van der Waals surface area contributed by atoms with Crippen LogP contribution in [0.1, 0.15) is 31.9 Å². The first-order valence-electron chi connectivity index (χ1n) is 8.85. The van der Waals surface area contributed by atoms with Crippen LogP contribution in [0.5, 0.6) is 17.2 Å². The molecule has 0 unspecified atom stereocenters. The summed E-state index contributed by atoms with van der Waals surface area (Å²) >= 11 is 0. The van der Waals surface area contributed by atoms with Gasteiger partial charge in [0, 0.05) is 0 Å². The number of hydrogen-bond acceptors (Lipinski definition) is 3. The highest BCUT2D eigenvalue weighted by molar-refractivity contribution is 6.74. The minimum Gasteiger partial charge on any atom is -0.541 e. The third-order valence-corrected chi connectivity index (χ3v) is 9.29. The van der Waals surface area contributed by atoms with Gasteiger partial charge in [-0.2, -0.15) is 0 Å². The largest absolute Gasteiger partial charge is 0.541 e. The first-order chi connectivity index (χ1) is 12.2. The van der Waals surface area contributed by atoms with Crippen molar-refractivity contribution in [3.63, 3.8) is 0 Å². The summed E-state index contributed by atoms with van der Waals surface area (Å²) in [7, 11) is 1.42. The van der Waals surface area contributed by atoms with Gasteiger partial charge in [-0.1, -0.05) is 51.1 Å². The molecule has 4 heteroatoms. The Morgan fingerprint density at radius 2 is 1.35 bits per heavy atom. The van der Waals surface area contributed by atoms with E-state index in [2.05, 4.69) is 52.1 Å². The van der Waals surface area contributed by atoms with Crippen LogP contribution in [0.4, 0.5) is 0 Å². The van der Waals surface area contributed by atoms with Gasteiger partial charge in [0.25, 0.3) is 8.32 Å². The van der Waals surface area contributed by atoms with Crippen molar-refractivity contribution in [2.45, 2.75) is 38.9 Å². The van der Waals surface area contributed by atoms with Crippen LogP contribution >= 0.6 is 0 Å². The van der Waals surface area contributed by atoms with E-state index in [1.54, 1.807) is 14.2 Å². The van der Waals surface area contributed by atoms with Crippen LogP contribution in [0.2, 0.25) is 18.1 Å². The Morgan fingerprint density at radius 1 is 0.769 bits per heavy atom. The first kappa shape index (κ1) is 20.1. The van der Waals surface area contributed by atoms with Gasteiger partial charge in [0.1, 0.15) is 11.5 Å². The fourth-order valence-electron chi connectivity index (χ4n) is 2.21. The zero-order valence-corrected chi connectivity index (χ0v) is 17.9. The summed E-state index contributed by atoms with van der Waals surface area (Å²) in [5.74, 6) is 2.45. The Morgan fingerprint density at radius 3 is 1.88 bits per heavy atom. The third-order valence-electron chi connectivity index (χ3n) is 4.94. The number of ether oxygens (including phenoxy) is 2. The molecule has 0 aliphatic carbocycles. The molecule has 2 aromatic rings. The molecule has 2 aromatic carbocycles. The van der Waals surface area contributed by atoms with Gasteiger partial charge in [0.15, 0.2) is 5.75 Å². The van der Waals surface area contributed by atoms with Gasteiger partial charge in [-0.25, -0.2) is 0 Å². The van der Waals surface area contributed by atoms with Gasteiger partial charge >= 0.3 is 0 Å². The van der Waals surface area contributed by atoms with Gasteiger partial charge in [-0.15, -0.1) is 0 Å². The fraction of sp³-hybridized carbons (Fsp3) is 0.364. The predicted molar refractivity (Wildman–Crippen MR) is 113 cm³/mol. The molecule has 0 spiro atoms. The van der Waals surface area contributed by atoms with Crippen LogP contribution in [0.3, 0.4) is 0 Å². The molecule has 140 valence electrons. The van der Waals surface area contributed by atoms with Gasteiger partial charge < -0.3 is 13.9 Å². The highest BCUT2D eigenvalue weighted by atomic mass is 28.4. The minimum absolute atomic E-state index is 0.132. The van der Waals surface area contributed by atoms with Crippen LogP contribution in [-0.2, 0) is 0 Å². The number of benzene rings is 2. The molecule has 0 bridgehead atoms.